The first kappa shape index (κ1) is 8.78. The Balaban J connectivity index is 3.50. The summed E-state index contributed by atoms with van der Waals surface area (Å²) in [4.78, 5) is 0.769. The first-order chi connectivity index (χ1) is 5.69. The maximum Gasteiger partial charge on any atom is 0.0532 e. The van der Waals surface area contributed by atoms with Crippen LogP contribution in [0.3, 0.4) is 0 Å². The Labute approximate surface area is 78.4 Å². The molecule has 1 heteroatoms. The highest BCUT2D eigenvalue weighted by molar-refractivity contribution is 7.80. The van der Waals surface area contributed by atoms with E-state index < -0.39 is 0 Å². The zero-order valence-corrected chi connectivity index (χ0v) is 7.65. The second-order valence-electron chi connectivity index (χ2n) is 2.50. The molecule has 0 bridgehead atoms. The second kappa shape index (κ2) is 3.39. The highest BCUT2D eigenvalue weighted by Crippen LogP contribution is 2.18. The van der Waals surface area contributed by atoms with Crippen LogP contribution in [0.4, 0.5) is 0 Å². The average molecular weight is 172 g/mol. The standard InChI is InChI=1S/C11H8S/c1-4-9-6-8(3)7-11(12)10(9)5-2/h1-2,6-7,12H,3H3. The van der Waals surface area contributed by atoms with Crippen LogP contribution in [0.5, 0.6) is 0 Å². The van der Waals surface area contributed by atoms with Gasteiger partial charge in [-0.2, -0.15) is 0 Å². The SMILES string of the molecule is C#Cc1cc(C)cc(S)c1C#C. The van der Waals surface area contributed by atoms with E-state index >= 15 is 0 Å². The zero-order valence-electron chi connectivity index (χ0n) is 6.76. The van der Waals surface area contributed by atoms with Gasteiger partial charge >= 0.3 is 0 Å². The Kier molecular flexibility index (Phi) is 2.48. The van der Waals surface area contributed by atoms with Crippen molar-refractivity contribution in [3.05, 3.63) is 28.8 Å². The van der Waals surface area contributed by atoms with Crippen LogP contribution in [-0.2, 0) is 0 Å². The molecule has 0 aliphatic rings. The summed E-state index contributed by atoms with van der Waals surface area (Å²) in [6, 6.07) is 3.79. The van der Waals surface area contributed by atoms with Crippen molar-refractivity contribution in [3.8, 4) is 24.7 Å². The molecule has 0 spiro atoms. The van der Waals surface area contributed by atoms with Gasteiger partial charge in [0, 0.05) is 10.5 Å². The Morgan fingerprint density at radius 1 is 1.25 bits per heavy atom. The third-order valence-corrected chi connectivity index (χ3v) is 1.91. The number of hydrogen-bond donors (Lipinski definition) is 1. The van der Waals surface area contributed by atoms with E-state index in [1.54, 1.807) is 0 Å². The summed E-state index contributed by atoms with van der Waals surface area (Å²) < 4.78 is 0. The van der Waals surface area contributed by atoms with Gasteiger partial charge in [-0.25, -0.2) is 0 Å². The fourth-order valence-corrected chi connectivity index (χ4v) is 1.42. The molecule has 0 N–H and O–H groups in total. The molecule has 0 fully saturated rings. The second-order valence-corrected chi connectivity index (χ2v) is 2.98. The molecular formula is C11H8S. The Morgan fingerprint density at radius 2 is 1.92 bits per heavy atom. The predicted molar refractivity (Wildman–Crippen MR) is 54.3 cm³/mol. The number of hydrogen-bond acceptors (Lipinski definition) is 1. The Hall–Kier alpha value is -1.31. The van der Waals surface area contributed by atoms with Gasteiger partial charge in [0.15, 0.2) is 0 Å². The molecule has 0 aliphatic carbocycles. The third-order valence-electron chi connectivity index (χ3n) is 1.56. The van der Waals surface area contributed by atoms with Crippen LogP contribution >= 0.6 is 12.6 Å². The van der Waals surface area contributed by atoms with E-state index in [1.165, 1.54) is 0 Å². The van der Waals surface area contributed by atoms with Gasteiger partial charge in [0.25, 0.3) is 0 Å². The number of terminal acetylenes is 2. The van der Waals surface area contributed by atoms with Crippen LogP contribution < -0.4 is 0 Å². The smallest absolute Gasteiger partial charge is 0.0532 e. The van der Waals surface area contributed by atoms with Gasteiger partial charge in [0.05, 0.1) is 5.56 Å². The Bertz CT molecular complexity index is 389. The normalized spacial score (nSPS) is 8.67. The molecule has 0 saturated heterocycles. The molecule has 0 radical (unpaired) electrons. The minimum absolute atomic E-state index is 0.700. The lowest BCUT2D eigenvalue weighted by molar-refractivity contribution is 1.32. The molecule has 1 aromatic rings. The molecule has 0 aliphatic heterocycles. The molecule has 12 heavy (non-hydrogen) atoms. The summed E-state index contributed by atoms with van der Waals surface area (Å²) >= 11 is 4.23. The van der Waals surface area contributed by atoms with E-state index in [2.05, 4.69) is 24.5 Å². The van der Waals surface area contributed by atoms with Gasteiger partial charge in [0.1, 0.15) is 0 Å². The molecule has 1 rings (SSSR count). The van der Waals surface area contributed by atoms with Gasteiger partial charge in [-0.1, -0.05) is 11.8 Å². The van der Waals surface area contributed by atoms with Gasteiger partial charge in [0.2, 0.25) is 0 Å². The lowest BCUT2D eigenvalue weighted by Gasteiger charge is -2.02. The van der Waals surface area contributed by atoms with Crippen molar-refractivity contribution in [3.63, 3.8) is 0 Å². The lowest BCUT2D eigenvalue weighted by Crippen LogP contribution is -1.87. The molecular weight excluding hydrogens is 164 g/mol. The maximum absolute atomic E-state index is 5.28. The highest BCUT2D eigenvalue weighted by Gasteiger charge is 2.02. The lowest BCUT2D eigenvalue weighted by atomic mass is 10.1. The van der Waals surface area contributed by atoms with E-state index in [0.29, 0.717) is 5.56 Å². The molecule has 0 atom stereocenters. The van der Waals surface area contributed by atoms with E-state index in [4.69, 9.17) is 12.8 Å². The fourth-order valence-electron chi connectivity index (χ4n) is 1.03. The zero-order chi connectivity index (χ0) is 9.14. The van der Waals surface area contributed by atoms with E-state index in [9.17, 15) is 0 Å². The third kappa shape index (κ3) is 1.47. The summed E-state index contributed by atoms with van der Waals surface area (Å²) in [5.74, 6) is 5.06. The van der Waals surface area contributed by atoms with Crippen molar-refractivity contribution in [1.29, 1.82) is 0 Å². The Morgan fingerprint density at radius 3 is 2.42 bits per heavy atom. The molecule has 0 nitrogen and oxygen atoms in total. The van der Waals surface area contributed by atoms with Crippen molar-refractivity contribution in [1.82, 2.24) is 0 Å². The van der Waals surface area contributed by atoms with E-state index in [0.717, 1.165) is 16.0 Å². The number of aryl methyl sites for hydroxylation is 1. The van der Waals surface area contributed by atoms with Gasteiger partial charge in [-0.05, 0) is 24.6 Å². The fraction of sp³-hybridized carbons (Fsp3) is 0.0909. The van der Waals surface area contributed by atoms with Gasteiger partial charge in [-0.3, -0.25) is 0 Å². The van der Waals surface area contributed by atoms with Crippen molar-refractivity contribution >= 4 is 12.6 Å². The summed E-state index contributed by atoms with van der Waals surface area (Å²) in [7, 11) is 0. The first-order valence-electron chi connectivity index (χ1n) is 3.46. The van der Waals surface area contributed by atoms with Crippen molar-refractivity contribution in [2.24, 2.45) is 0 Å². The molecule has 0 heterocycles. The largest absolute Gasteiger partial charge is 0.142 e. The quantitative estimate of drug-likeness (QED) is 0.450. The topological polar surface area (TPSA) is 0 Å². The van der Waals surface area contributed by atoms with E-state index in [1.807, 2.05) is 19.1 Å². The maximum atomic E-state index is 5.28. The van der Waals surface area contributed by atoms with Crippen LogP contribution in [-0.4, -0.2) is 0 Å². The molecule has 0 saturated carbocycles. The monoisotopic (exact) mass is 172 g/mol. The molecule has 0 amide bonds. The molecule has 0 aromatic heterocycles. The van der Waals surface area contributed by atoms with Crippen LogP contribution in [0.25, 0.3) is 0 Å². The summed E-state index contributed by atoms with van der Waals surface area (Å²) in [5.41, 5.74) is 2.51. The van der Waals surface area contributed by atoms with Gasteiger partial charge in [-0.15, -0.1) is 25.5 Å². The van der Waals surface area contributed by atoms with E-state index in [-0.39, 0.29) is 0 Å². The molecule has 1 aromatic carbocycles. The number of rotatable bonds is 0. The number of thiol groups is 1. The van der Waals surface area contributed by atoms with Crippen molar-refractivity contribution in [2.45, 2.75) is 11.8 Å². The summed E-state index contributed by atoms with van der Waals surface area (Å²) in [6.07, 6.45) is 10.6. The van der Waals surface area contributed by atoms with Crippen LogP contribution in [0.2, 0.25) is 0 Å². The number of benzene rings is 1. The van der Waals surface area contributed by atoms with Crippen LogP contribution in [0.15, 0.2) is 17.0 Å². The van der Waals surface area contributed by atoms with Crippen molar-refractivity contribution in [2.75, 3.05) is 0 Å². The first-order valence-corrected chi connectivity index (χ1v) is 3.90. The van der Waals surface area contributed by atoms with Crippen LogP contribution in [0, 0.1) is 31.6 Å². The minimum Gasteiger partial charge on any atom is -0.142 e. The molecule has 0 unspecified atom stereocenters. The van der Waals surface area contributed by atoms with Gasteiger partial charge < -0.3 is 0 Å². The van der Waals surface area contributed by atoms with Crippen LogP contribution in [0.1, 0.15) is 16.7 Å². The van der Waals surface area contributed by atoms with Crippen molar-refractivity contribution < 1.29 is 0 Å². The predicted octanol–water partition coefficient (Wildman–Crippen LogP) is 2.25. The summed E-state index contributed by atoms with van der Waals surface area (Å²) in [6.45, 7) is 1.96. The minimum atomic E-state index is 0.700. The molecule has 58 valence electrons. The average Bonchev–Trinajstić information content (AvgIpc) is 2.03. The highest BCUT2D eigenvalue weighted by atomic mass is 32.1. The summed E-state index contributed by atoms with van der Waals surface area (Å²) in [5, 5.41) is 0.